The summed E-state index contributed by atoms with van der Waals surface area (Å²) in [7, 11) is 0. The highest BCUT2D eigenvalue weighted by molar-refractivity contribution is 7.19. The molecule has 0 saturated heterocycles. The van der Waals surface area contributed by atoms with Crippen LogP contribution in [0.5, 0.6) is 0 Å². The first-order valence-corrected chi connectivity index (χ1v) is 22.2. The zero-order chi connectivity index (χ0) is 43.4. The van der Waals surface area contributed by atoms with Crippen LogP contribution in [0, 0.1) is 0 Å². The first-order chi connectivity index (χ1) is 31.6. The molecule has 10 aromatic rings. The summed E-state index contributed by atoms with van der Waals surface area (Å²) in [6.45, 7) is 1.99. The smallest absolute Gasteiger partial charge is 0.251 e. The number of nitrogens with one attached hydrogen (secondary N) is 1. The zero-order valence-electron chi connectivity index (χ0n) is 36.0. The highest BCUT2D eigenvalue weighted by Gasteiger charge is 2.35. The standard InChI is InChI=1S/C36H30N2O.C24H20B/c39-36(31-15-5-2-6-16-31)37-23-24-38(27-28-11-3-1-4-12-28,34-21-19-29-13-7-9-17-32(29)25-34)35-22-20-30-14-8-10-18-33(30)26-35;1-5-13-21(14-6-1)25(22-15-7-2-8-16-22,23-17-9-3-10-18-23)24-19-11-4-12-20-24/h1-22,25-26H,23-24,27H2;1-20H/q;-1/p+1. The molecule has 0 aliphatic carbocycles. The van der Waals surface area contributed by atoms with Crippen LogP contribution in [0.25, 0.3) is 21.5 Å². The van der Waals surface area contributed by atoms with Crippen molar-refractivity contribution in [2.75, 3.05) is 13.1 Å². The summed E-state index contributed by atoms with van der Waals surface area (Å²) in [5, 5.41) is 8.05. The van der Waals surface area contributed by atoms with E-state index in [1.54, 1.807) is 0 Å². The lowest BCUT2D eigenvalue weighted by Crippen LogP contribution is -2.74. The van der Waals surface area contributed by atoms with E-state index in [2.05, 4.69) is 242 Å². The summed E-state index contributed by atoms with van der Waals surface area (Å²) in [6.07, 6.45) is -1.22. The van der Waals surface area contributed by atoms with Crippen molar-refractivity contribution in [1.29, 1.82) is 0 Å². The number of benzene rings is 10. The average Bonchev–Trinajstić information content (AvgIpc) is 3.38. The van der Waals surface area contributed by atoms with Crippen molar-refractivity contribution in [1.82, 2.24) is 9.80 Å². The molecule has 1 N–H and O–H groups in total. The summed E-state index contributed by atoms with van der Waals surface area (Å²) < 4.78 is 0.578. The summed E-state index contributed by atoms with van der Waals surface area (Å²) in [6, 6.07) is 94.2. The van der Waals surface area contributed by atoms with Crippen LogP contribution in [-0.4, -0.2) is 25.1 Å². The van der Waals surface area contributed by atoms with E-state index < -0.39 is 6.15 Å². The van der Waals surface area contributed by atoms with Gasteiger partial charge in [0.05, 0.1) is 6.54 Å². The molecule has 0 spiro atoms. The van der Waals surface area contributed by atoms with Gasteiger partial charge in [0.1, 0.15) is 30.6 Å². The summed E-state index contributed by atoms with van der Waals surface area (Å²) in [5.41, 5.74) is 9.67. The second-order valence-corrected chi connectivity index (χ2v) is 16.5. The molecule has 10 rings (SSSR count). The van der Waals surface area contributed by atoms with E-state index in [4.69, 9.17) is 0 Å². The van der Waals surface area contributed by atoms with Gasteiger partial charge in [-0.3, -0.25) is 9.28 Å². The molecule has 0 heterocycles. The van der Waals surface area contributed by atoms with Crippen LogP contribution >= 0.6 is 0 Å². The second-order valence-electron chi connectivity index (χ2n) is 16.5. The Kier molecular flexibility index (Phi) is 12.7. The fraction of sp³-hybridized carbons (Fsp3) is 0.0500. The number of fused-ring (bicyclic) bond motifs is 2. The molecule has 310 valence electrons. The third-order valence-corrected chi connectivity index (χ3v) is 12.8. The van der Waals surface area contributed by atoms with Crippen molar-refractivity contribution < 1.29 is 4.79 Å². The van der Waals surface area contributed by atoms with E-state index in [1.165, 1.54) is 60.3 Å². The lowest BCUT2D eigenvalue weighted by Gasteiger charge is -2.44. The van der Waals surface area contributed by atoms with Crippen LogP contribution in [0.15, 0.2) is 267 Å². The van der Waals surface area contributed by atoms with Crippen LogP contribution in [0.2, 0.25) is 0 Å². The topological polar surface area (TPSA) is 29.1 Å². The number of quaternary nitrogens is 1. The molecule has 0 unspecified atom stereocenters. The van der Waals surface area contributed by atoms with Gasteiger partial charge >= 0.3 is 0 Å². The quantitative estimate of drug-likeness (QED) is 0.0965. The third kappa shape index (κ3) is 8.78. The molecule has 4 heteroatoms. The predicted octanol–water partition coefficient (Wildman–Crippen LogP) is 11.3. The largest absolute Gasteiger partial charge is 0.346 e. The van der Waals surface area contributed by atoms with Crippen molar-refractivity contribution in [2.24, 2.45) is 0 Å². The number of amides is 1. The Balaban J connectivity index is 0.000000178. The van der Waals surface area contributed by atoms with Crippen LogP contribution < -0.4 is 31.7 Å². The van der Waals surface area contributed by atoms with Gasteiger partial charge in [0, 0.05) is 35.4 Å². The Labute approximate surface area is 377 Å². The lowest BCUT2D eigenvalue weighted by atomic mass is 9.13. The third-order valence-electron chi connectivity index (χ3n) is 12.8. The number of nitrogens with zero attached hydrogens (tertiary/aromatic N) is 1. The van der Waals surface area contributed by atoms with Crippen molar-refractivity contribution in [3.8, 4) is 0 Å². The minimum Gasteiger partial charge on any atom is -0.346 e. The summed E-state index contributed by atoms with van der Waals surface area (Å²) in [4.78, 5) is 13.0. The van der Waals surface area contributed by atoms with Crippen molar-refractivity contribution in [3.05, 3.63) is 278 Å². The molecule has 0 aliphatic heterocycles. The Morgan fingerprint density at radius 2 is 0.719 bits per heavy atom. The molecule has 64 heavy (non-hydrogen) atoms. The molecule has 1 amide bonds. The summed E-state index contributed by atoms with van der Waals surface area (Å²) >= 11 is 0. The number of carbonyl (C=O) groups excluding carboxylic acids is 1. The van der Waals surface area contributed by atoms with E-state index in [9.17, 15) is 4.79 Å². The van der Waals surface area contributed by atoms with Crippen molar-refractivity contribution in [3.63, 3.8) is 0 Å². The molecule has 0 radical (unpaired) electrons. The lowest BCUT2D eigenvalue weighted by molar-refractivity contribution is 0.0951. The van der Waals surface area contributed by atoms with Crippen LogP contribution in [0.1, 0.15) is 15.9 Å². The zero-order valence-corrected chi connectivity index (χ0v) is 36.0. The highest BCUT2D eigenvalue weighted by atomic mass is 16.1. The van der Waals surface area contributed by atoms with Gasteiger partial charge in [-0.05, 0) is 45.8 Å². The molecule has 3 nitrogen and oxygen atoms in total. The van der Waals surface area contributed by atoms with E-state index in [1.807, 2.05) is 30.3 Å². The normalized spacial score (nSPS) is 11.4. The average molecular weight is 827 g/mol. The van der Waals surface area contributed by atoms with Gasteiger partial charge in [-0.2, -0.15) is 21.9 Å². The monoisotopic (exact) mass is 826 g/mol. The fourth-order valence-corrected chi connectivity index (χ4v) is 9.62. The first-order valence-electron chi connectivity index (χ1n) is 22.2. The maximum atomic E-state index is 13.0. The summed E-state index contributed by atoms with van der Waals surface area (Å²) in [5.74, 6) is -0.0505. The van der Waals surface area contributed by atoms with E-state index >= 15 is 0 Å². The Bertz CT molecular complexity index is 2810. The Morgan fingerprint density at radius 3 is 1.12 bits per heavy atom. The second kappa shape index (κ2) is 19.5. The van der Waals surface area contributed by atoms with Crippen LogP contribution in [-0.2, 0) is 6.54 Å². The first kappa shape index (κ1) is 41.6. The number of carbonyl (C=O) groups is 1. The van der Waals surface area contributed by atoms with Crippen LogP contribution in [0.3, 0.4) is 0 Å². The molecule has 0 fully saturated rings. The van der Waals surface area contributed by atoms with Gasteiger partial charge in [0.25, 0.3) is 5.91 Å². The Hall–Kier alpha value is -7.79. The molecule has 0 atom stereocenters. The van der Waals surface area contributed by atoms with Gasteiger partial charge < -0.3 is 5.32 Å². The Morgan fingerprint density at radius 1 is 0.375 bits per heavy atom. The van der Waals surface area contributed by atoms with Crippen molar-refractivity contribution in [2.45, 2.75) is 6.54 Å². The maximum absolute atomic E-state index is 13.0. The van der Waals surface area contributed by atoms with E-state index in [-0.39, 0.29) is 5.91 Å². The van der Waals surface area contributed by atoms with Gasteiger partial charge in [-0.1, -0.05) is 218 Å². The number of hydrogen-bond acceptors (Lipinski definition) is 1. The minimum atomic E-state index is -1.22. The van der Waals surface area contributed by atoms with Gasteiger partial charge in [0.15, 0.2) is 0 Å². The predicted molar refractivity (Wildman–Crippen MR) is 273 cm³/mol. The molecule has 10 aromatic carbocycles. The molecular weight excluding hydrogens is 775 g/mol. The van der Waals surface area contributed by atoms with Crippen LogP contribution in [0.4, 0.5) is 11.4 Å². The maximum Gasteiger partial charge on any atom is 0.251 e. The molecule has 0 aromatic heterocycles. The molecular formula is C60H51BN2O. The van der Waals surface area contributed by atoms with E-state index in [0.29, 0.717) is 23.1 Å². The van der Waals surface area contributed by atoms with Gasteiger partial charge in [-0.25, -0.2) is 0 Å². The number of hydrogen-bond donors (Lipinski definition) is 1. The highest BCUT2D eigenvalue weighted by Crippen LogP contribution is 2.40. The molecule has 0 bridgehead atoms. The molecule has 0 aliphatic rings. The SMILES string of the molecule is O=C(NCC[N+](Cc1ccccc1)(c1ccc2ccccc2c1)c1ccc2ccccc2c1)c1ccccc1.c1ccc([B-](c2ccccc2)(c2ccccc2)c2ccccc2)cc1. The number of rotatable bonds is 12. The van der Waals surface area contributed by atoms with Crippen molar-refractivity contribution >= 4 is 66.8 Å². The molecule has 0 saturated carbocycles. The van der Waals surface area contributed by atoms with E-state index in [0.717, 1.165) is 6.54 Å². The van der Waals surface area contributed by atoms with Gasteiger partial charge in [-0.15, -0.1) is 0 Å². The fourth-order valence-electron chi connectivity index (χ4n) is 9.62. The minimum absolute atomic E-state index is 0.0505. The van der Waals surface area contributed by atoms with Gasteiger partial charge in [0.2, 0.25) is 0 Å².